The summed E-state index contributed by atoms with van der Waals surface area (Å²) in [4.78, 5) is 0.531. The van der Waals surface area contributed by atoms with E-state index >= 15 is 0 Å². The first-order chi connectivity index (χ1) is 4.66. The van der Waals surface area contributed by atoms with Gasteiger partial charge < -0.3 is 10.5 Å². The fourth-order valence-electron chi connectivity index (χ4n) is 0.661. The van der Waals surface area contributed by atoms with Crippen LogP contribution in [0.15, 0.2) is 0 Å². The predicted molar refractivity (Wildman–Crippen MR) is 47.1 cm³/mol. The highest BCUT2D eigenvalue weighted by molar-refractivity contribution is 7.80. The van der Waals surface area contributed by atoms with E-state index in [1.54, 1.807) is 0 Å². The van der Waals surface area contributed by atoms with Crippen LogP contribution in [0.5, 0.6) is 0 Å². The summed E-state index contributed by atoms with van der Waals surface area (Å²) in [5.41, 5.74) is 5.32. The number of ether oxygens (including phenoxy) is 1. The summed E-state index contributed by atoms with van der Waals surface area (Å²) in [6, 6.07) is 0. The lowest BCUT2D eigenvalue weighted by molar-refractivity contribution is 0.0718. The number of hydrogen-bond acceptors (Lipinski definition) is 2. The molecule has 0 aromatic heterocycles. The third kappa shape index (κ3) is 5.98. The molecular formula is C7H15NOS. The molecule has 0 bridgehead atoms. The molecule has 0 amide bonds. The van der Waals surface area contributed by atoms with Crippen LogP contribution in [-0.4, -0.2) is 17.7 Å². The third-order valence-corrected chi connectivity index (χ3v) is 1.26. The second kappa shape index (κ2) is 5.62. The van der Waals surface area contributed by atoms with Crippen molar-refractivity contribution in [1.82, 2.24) is 0 Å². The van der Waals surface area contributed by atoms with Crippen molar-refractivity contribution in [2.24, 2.45) is 5.73 Å². The number of nitrogens with two attached hydrogens (primary N) is 1. The largest absolute Gasteiger partial charge is 0.393 e. The predicted octanol–water partition coefficient (Wildman–Crippen LogP) is 1.48. The highest BCUT2D eigenvalue weighted by Gasteiger charge is 2.01. The molecule has 2 N–H and O–H groups in total. The van der Waals surface area contributed by atoms with Crippen LogP contribution in [-0.2, 0) is 4.74 Å². The van der Waals surface area contributed by atoms with Crippen LogP contribution in [0.3, 0.4) is 0 Å². The van der Waals surface area contributed by atoms with Gasteiger partial charge >= 0.3 is 0 Å². The van der Waals surface area contributed by atoms with Gasteiger partial charge in [-0.1, -0.05) is 19.1 Å². The van der Waals surface area contributed by atoms with Crippen molar-refractivity contribution in [1.29, 1.82) is 0 Å². The van der Waals surface area contributed by atoms with Gasteiger partial charge in [-0.05, 0) is 13.3 Å². The van der Waals surface area contributed by atoms with Crippen LogP contribution >= 0.6 is 12.2 Å². The minimum absolute atomic E-state index is 0.178. The van der Waals surface area contributed by atoms with Gasteiger partial charge in [-0.25, -0.2) is 0 Å². The Morgan fingerprint density at radius 2 is 2.30 bits per heavy atom. The molecule has 0 heterocycles. The Balaban J connectivity index is 3.25. The molecule has 10 heavy (non-hydrogen) atoms. The maximum Gasteiger partial charge on any atom is 0.0753 e. The summed E-state index contributed by atoms with van der Waals surface area (Å²) in [6.45, 7) is 4.85. The monoisotopic (exact) mass is 161 g/mol. The van der Waals surface area contributed by atoms with Gasteiger partial charge in [0.05, 0.1) is 11.1 Å². The zero-order chi connectivity index (χ0) is 7.98. The van der Waals surface area contributed by atoms with Gasteiger partial charge in [0.25, 0.3) is 0 Å². The van der Waals surface area contributed by atoms with Crippen molar-refractivity contribution in [2.45, 2.75) is 32.8 Å². The Kier molecular flexibility index (Phi) is 5.54. The molecule has 2 nitrogen and oxygen atoms in total. The zero-order valence-electron chi connectivity index (χ0n) is 6.59. The Labute approximate surface area is 67.7 Å². The standard InChI is InChI=1S/C7H15NOS/c1-3-4-9-6(2)5-7(8)10/h6H,3-5H2,1-2H3,(H2,8,10). The lowest BCUT2D eigenvalue weighted by atomic mass is 10.3. The topological polar surface area (TPSA) is 35.2 Å². The van der Waals surface area contributed by atoms with Crippen LogP contribution in [0.1, 0.15) is 26.7 Å². The van der Waals surface area contributed by atoms with E-state index in [0.717, 1.165) is 13.0 Å². The summed E-state index contributed by atoms with van der Waals surface area (Å²) < 4.78 is 5.33. The van der Waals surface area contributed by atoms with E-state index < -0.39 is 0 Å². The lowest BCUT2D eigenvalue weighted by Gasteiger charge is -2.10. The van der Waals surface area contributed by atoms with Crippen molar-refractivity contribution in [2.75, 3.05) is 6.61 Å². The summed E-state index contributed by atoms with van der Waals surface area (Å²) in [6.07, 6.45) is 1.91. The van der Waals surface area contributed by atoms with Crippen LogP contribution in [0, 0.1) is 0 Å². The summed E-state index contributed by atoms with van der Waals surface area (Å²) >= 11 is 4.72. The normalized spacial score (nSPS) is 13.0. The Bertz CT molecular complexity index is 106. The second-order valence-corrected chi connectivity index (χ2v) is 2.88. The van der Waals surface area contributed by atoms with Gasteiger partial charge in [0.15, 0.2) is 0 Å². The van der Waals surface area contributed by atoms with E-state index in [0.29, 0.717) is 11.4 Å². The molecule has 0 aromatic carbocycles. The Hall–Kier alpha value is -0.150. The Morgan fingerprint density at radius 3 is 2.70 bits per heavy atom. The smallest absolute Gasteiger partial charge is 0.0753 e. The molecule has 3 heteroatoms. The molecule has 60 valence electrons. The molecule has 0 aromatic rings. The van der Waals surface area contributed by atoms with Crippen LogP contribution in [0.2, 0.25) is 0 Å². The Morgan fingerprint density at radius 1 is 1.70 bits per heavy atom. The number of rotatable bonds is 5. The van der Waals surface area contributed by atoms with Gasteiger partial charge in [0, 0.05) is 13.0 Å². The van der Waals surface area contributed by atoms with Crippen molar-refractivity contribution in [3.05, 3.63) is 0 Å². The van der Waals surface area contributed by atoms with E-state index in [1.807, 2.05) is 6.92 Å². The van der Waals surface area contributed by atoms with E-state index in [2.05, 4.69) is 6.92 Å². The average molecular weight is 161 g/mol. The molecule has 0 radical (unpaired) electrons. The minimum atomic E-state index is 0.178. The maximum absolute atomic E-state index is 5.33. The molecule has 0 spiro atoms. The highest BCUT2D eigenvalue weighted by atomic mass is 32.1. The first-order valence-corrected chi connectivity index (χ1v) is 3.97. The summed E-state index contributed by atoms with van der Waals surface area (Å²) in [5.74, 6) is 0. The third-order valence-electron chi connectivity index (χ3n) is 1.10. The van der Waals surface area contributed by atoms with Crippen molar-refractivity contribution >= 4 is 17.2 Å². The minimum Gasteiger partial charge on any atom is -0.393 e. The summed E-state index contributed by atoms with van der Waals surface area (Å²) in [5, 5.41) is 0. The molecule has 0 aliphatic heterocycles. The van der Waals surface area contributed by atoms with Gasteiger partial charge in [-0.2, -0.15) is 0 Å². The van der Waals surface area contributed by atoms with Gasteiger partial charge in [-0.15, -0.1) is 0 Å². The van der Waals surface area contributed by atoms with Crippen LogP contribution < -0.4 is 5.73 Å². The fourth-order valence-corrected chi connectivity index (χ4v) is 0.896. The molecule has 0 aliphatic rings. The van der Waals surface area contributed by atoms with Crippen LogP contribution in [0.4, 0.5) is 0 Å². The molecule has 0 saturated carbocycles. The van der Waals surface area contributed by atoms with E-state index in [-0.39, 0.29) is 6.10 Å². The molecule has 0 aliphatic carbocycles. The van der Waals surface area contributed by atoms with Crippen molar-refractivity contribution in [3.8, 4) is 0 Å². The quantitative estimate of drug-likeness (QED) is 0.620. The molecule has 0 saturated heterocycles. The number of thiocarbonyl (C=S) groups is 1. The first-order valence-electron chi connectivity index (χ1n) is 3.56. The first kappa shape index (κ1) is 9.85. The average Bonchev–Trinajstić information content (AvgIpc) is 1.82. The van der Waals surface area contributed by atoms with E-state index in [9.17, 15) is 0 Å². The van der Waals surface area contributed by atoms with Crippen molar-refractivity contribution in [3.63, 3.8) is 0 Å². The van der Waals surface area contributed by atoms with Crippen LogP contribution in [0.25, 0.3) is 0 Å². The second-order valence-electron chi connectivity index (χ2n) is 2.35. The molecule has 0 fully saturated rings. The number of hydrogen-bond donors (Lipinski definition) is 1. The van der Waals surface area contributed by atoms with Crippen molar-refractivity contribution < 1.29 is 4.74 Å². The fraction of sp³-hybridized carbons (Fsp3) is 0.857. The maximum atomic E-state index is 5.33. The zero-order valence-corrected chi connectivity index (χ0v) is 7.41. The lowest BCUT2D eigenvalue weighted by Crippen LogP contribution is -2.18. The summed E-state index contributed by atoms with van der Waals surface area (Å²) in [7, 11) is 0. The van der Waals surface area contributed by atoms with Gasteiger partial charge in [0.2, 0.25) is 0 Å². The van der Waals surface area contributed by atoms with E-state index in [1.165, 1.54) is 0 Å². The molecule has 1 atom stereocenters. The van der Waals surface area contributed by atoms with Gasteiger partial charge in [-0.3, -0.25) is 0 Å². The molecular weight excluding hydrogens is 146 g/mol. The highest BCUT2D eigenvalue weighted by Crippen LogP contribution is 1.97. The SMILES string of the molecule is CCCOC(C)CC(N)=S. The molecule has 0 rings (SSSR count). The van der Waals surface area contributed by atoms with Gasteiger partial charge in [0.1, 0.15) is 0 Å². The molecule has 1 unspecified atom stereocenters. The van der Waals surface area contributed by atoms with E-state index in [4.69, 9.17) is 22.7 Å².